The lowest BCUT2D eigenvalue weighted by molar-refractivity contribution is -0.140. The summed E-state index contributed by atoms with van der Waals surface area (Å²) in [6.45, 7) is 3.80. The van der Waals surface area contributed by atoms with Crippen LogP contribution in [0.1, 0.15) is 43.6 Å². The molecule has 1 atom stereocenters. The summed E-state index contributed by atoms with van der Waals surface area (Å²) in [6.07, 6.45) is 4.13. The number of amides is 1. The average molecular weight is 427 g/mol. The Kier molecular flexibility index (Phi) is 7.52. The molecule has 1 N–H and O–H groups in total. The van der Waals surface area contributed by atoms with Crippen LogP contribution in [0.2, 0.25) is 0 Å². The molecule has 1 saturated heterocycles. The summed E-state index contributed by atoms with van der Waals surface area (Å²) in [5.41, 5.74) is 0.465. The number of benzene rings is 1. The van der Waals surface area contributed by atoms with Gasteiger partial charge in [0.1, 0.15) is 23.3 Å². The Labute approximate surface area is 182 Å². The summed E-state index contributed by atoms with van der Waals surface area (Å²) in [7, 11) is 3.90. The van der Waals surface area contributed by atoms with Crippen LogP contribution in [0.15, 0.2) is 52.7 Å². The van der Waals surface area contributed by atoms with Crippen LogP contribution in [0.25, 0.3) is 5.76 Å². The van der Waals surface area contributed by atoms with Crippen molar-refractivity contribution in [2.24, 2.45) is 0 Å². The highest BCUT2D eigenvalue weighted by Crippen LogP contribution is 2.39. The number of Topliss-reactive ketones (excluding diaryl/α,β-unsaturated/α-hetero) is 1. The van der Waals surface area contributed by atoms with E-state index >= 15 is 0 Å². The molecule has 1 unspecified atom stereocenters. The van der Waals surface area contributed by atoms with Crippen molar-refractivity contribution in [3.05, 3.63) is 59.6 Å². The van der Waals surface area contributed by atoms with Crippen LogP contribution in [-0.4, -0.2) is 60.4 Å². The summed E-state index contributed by atoms with van der Waals surface area (Å²) >= 11 is 0. The average Bonchev–Trinajstić information content (AvgIpc) is 3.36. The highest BCUT2D eigenvalue weighted by Gasteiger charge is 2.47. The van der Waals surface area contributed by atoms with Crippen LogP contribution in [0.3, 0.4) is 0 Å². The van der Waals surface area contributed by atoms with Gasteiger partial charge in [-0.1, -0.05) is 25.5 Å². The van der Waals surface area contributed by atoms with Crippen molar-refractivity contribution in [3.63, 3.8) is 0 Å². The van der Waals surface area contributed by atoms with Gasteiger partial charge in [0.25, 0.3) is 11.7 Å². The molecule has 0 saturated carbocycles. The number of ketones is 1. The molecule has 31 heavy (non-hydrogen) atoms. The maximum absolute atomic E-state index is 12.9. The van der Waals surface area contributed by atoms with Crippen LogP contribution in [0.5, 0.6) is 5.75 Å². The first-order valence-corrected chi connectivity index (χ1v) is 10.6. The van der Waals surface area contributed by atoms with E-state index in [4.69, 9.17) is 9.15 Å². The van der Waals surface area contributed by atoms with E-state index in [1.54, 1.807) is 36.4 Å². The number of rotatable bonds is 10. The number of aliphatic hydroxyl groups is 1. The molecular weight excluding hydrogens is 396 g/mol. The minimum atomic E-state index is -0.762. The lowest BCUT2D eigenvalue weighted by Crippen LogP contribution is -2.32. The molecule has 1 aromatic carbocycles. The fourth-order valence-corrected chi connectivity index (χ4v) is 3.63. The van der Waals surface area contributed by atoms with Crippen molar-refractivity contribution in [1.82, 2.24) is 9.80 Å². The van der Waals surface area contributed by atoms with E-state index in [0.717, 1.165) is 19.4 Å². The Balaban J connectivity index is 1.96. The fourth-order valence-electron chi connectivity index (χ4n) is 3.63. The molecule has 1 fully saturated rings. The molecule has 2 heterocycles. The Morgan fingerprint density at radius 1 is 1.19 bits per heavy atom. The van der Waals surface area contributed by atoms with Gasteiger partial charge in [-0.3, -0.25) is 9.59 Å². The molecule has 166 valence electrons. The first-order chi connectivity index (χ1) is 14.9. The summed E-state index contributed by atoms with van der Waals surface area (Å²) in [4.78, 5) is 29.3. The first kappa shape index (κ1) is 22.6. The molecule has 0 bridgehead atoms. The number of carbonyl (C=O) groups is 2. The smallest absolute Gasteiger partial charge is 0.295 e. The highest BCUT2D eigenvalue weighted by atomic mass is 16.5. The maximum atomic E-state index is 12.9. The van der Waals surface area contributed by atoms with Crippen LogP contribution >= 0.6 is 0 Å². The van der Waals surface area contributed by atoms with E-state index in [0.29, 0.717) is 36.6 Å². The van der Waals surface area contributed by atoms with Crippen LogP contribution in [-0.2, 0) is 9.59 Å². The molecule has 7 heteroatoms. The van der Waals surface area contributed by atoms with Crippen molar-refractivity contribution in [2.75, 3.05) is 33.8 Å². The van der Waals surface area contributed by atoms with E-state index in [1.807, 2.05) is 19.0 Å². The Hall–Kier alpha value is -3.06. The van der Waals surface area contributed by atoms with Gasteiger partial charge in [0.2, 0.25) is 0 Å². The molecule has 3 rings (SSSR count). The number of carbonyl (C=O) groups excluding carboxylic acids is 2. The third-order valence-corrected chi connectivity index (χ3v) is 5.23. The summed E-state index contributed by atoms with van der Waals surface area (Å²) < 4.78 is 11.3. The summed E-state index contributed by atoms with van der Waals surface area (Å²) in [6, 6.07) is 9.60. The van der Waals surface area contributed by atoms with Crippen LogP contribution in [0.4, 0.5) is 0 Å². The van der Waals surface area contributed by atoms with Gasteiger partial charge in [-0.05, 0) is 57.7 Å². The maximum Gasteiger partial charge on any atom is 0.295 e. The van der Waals surface area contributed by atoms with Crippen molar-refractivity contribution in [2.45, 2.75) is 32.2 Å². The second-order valence-electron chi connectivity index (χ2n) is 7.89. The Bertz CT molecular complexity index is 933. The Morgan fingerprint density at radius 3 is 2.68 bits per heavy atom. The molecule has 1 amide bonds. The normalized spacial score (nSPS) is 18.2. The SMILES string of the molecule is CCCCOc1cccc(C(O)=C2C(=O)C(=O)N(CCCN(C)C)C2c2ccco2)c1. The van der Waals surface area contributed by atoms with E-state index in [2.05, 4.69) is 6.92 Å². The van der Waals surface area contributed by atoms with Crippen molar-refractivity contribution < 1.29 is 23.8 Å². The van der Waals surface area contributed by atoms with Gasteiger partial charge in [0, 0.05) is 12.1 Å². The number of hydrogen-bond acceptors (Lipinski definition) is 6. The van der Waals surface area contributed by atoms with E-state index in [-0.39, 0.29) is 11.3 Å². The minimum absolute atomic E-state index is 0.0375. The van der Waals surface area contributed by atoms with Gasteiger partial charge in [0.05, 0.1) is 18.4 Å². The summed E-state index contributed by atoms with van der Waals surface area (Å²) in [5, 5.41) is 11.1. The number of nitrogens with zero attached hydrogens (tertiary/aromatic N) is 2. The van der Waals surface area contributed by atoms with E-state index in [1.165, 1.54) is 11.2 Å². The third-order valence-electron chi connectivity index (χ3n) is 5.23. The number of hydrogen-bond donors (Lipinski definition) is 1. The molecule has 1 aliphatic rings. The van der Waals surface area contributed by atoms with Crippen LogP contribution in [0, 0.1) is 0 Å². The Morgan fingerprint density at radius 2 is 2.00 bits per heavy atom. The molecule has 1 aromatic heterocycles. The number of ether oxygens (including phenoxy) is 1. The summed E-state index contributed by atoms with van der Waals surface area (Å²) in [5.74, 6) is -0.512. The zero-order valence-electron chi connectivity index (χ0n) is 18.3. The van der Waals surface area contributed by atoms with Crippen molar-refractivity contribution in [3.8, 4) is 5.75 Å². The third kappa shape index (κ3) is 5.17. The van der Waals surface area contributed by atoms with Gasteiger partial charge in [0.15, 0.2) is 0 Å². The van der Waals surface area contributed by atoms with Gasteiger partial charge in [-0.15, -0.1) is 0 Å². The number of furan rings is 1. The molecule has 2 aromatic rings. The monoisotopic (exact) mass is 426 g/mol. The molecular formula is C24H30N2O5. The van der Waals surface area contributed by atoms with Gasteiger partial charge in [-0.2, -0.15) is 0 Å². The van der Waals surface area contributed by atoms with Gasteiger partial charge >= 0.3 is 0 Å². The second-order valence-corrected chi connectivity index (χ2v) is 7.89. The second kappa shape index (κ2) is 10.3. The number of likely N-dealkylation sites (tertiary alicyclic amines) is 1. The molecule has 0 radical (unpaired) electrons. The molecule has 0 spiro atoms. The van der Waals surface area contributed by atoms with Gasteiger partial charge in [-0.25, -0.2) is 0 Å². The topological polar surface area (TPSA) is 83.2 Å². The highest BCUT2D eigenvalue weighted by molar-refractivity contribution is 6.46. The zero-order valence-corrected chi connectivity index (χ0v) is 18.3. The molecule has 1 aliphatic heterocycles. The van der Waals surface area contributed by atoms with E-state index in [9.17, 15) is 14.7 Å². The lowest BCUT2D eigenvalue weighted by Gasteiger charge is -2.24. The minimum Gasteiger partial charge on any atom is -0.507 e. The van der Waals surface area contributed by atoms with Crippen molar-refractivity contribution in [1.29, 1.82) is 0 Å². The predicted octanol–water partition coefficient (Wildman–Crippen LogP) is 3.83. The van der Waals surface area contributed by atoms with Crippen LogP contribution < -0.4 is 4.74 Å². The van der Waals surface area contributed by atoms with Gasteiger partial charge < -0.3 is 24.1 Å². The number of aliphatic hydroxyl groups excluding tert-OH is 1. The molecule has 7 nitrogen and oxygen atoms in total. The van der Waals surface area contributed by atoms with Crippen molar-refractivity contribution >= 4 is 17.4 Å². The fraction of sp³-hybridized carbons (Fsp3) is 0.417. The quantitative estimate of drug-likeness (QED) is 0.269. The first-order valence-electron chi connectivity index (χ1n) is 10.6. The lowest BCUT2D eigenvalue weighted by atomic mass is 9.99. The largest absolute Gasteiger partial charge is 0.507 e. The number of unbranched alkanes of at least 4 members (excludes halogenated alkanes) is 1. The predicted molar refractivity (Wildman–Crippen MR) is 118 cm³/mol. The zero-order chi connectivity index (χ0) is 22.4. The standard InChI is InChI=1S/C24H30N2O5/c1-4-5-14-30-18-10-6-9-17(16-18)22(27)20-21(19-11-7-15-31-19)26(24(29)23(20)28)13-8-12-25(2)3/h6-7,9-11,15-16,21,27H,4-5,8,12-14H2,1-3H3. The van der Waals surface area contributed by atoms with E-state index < -0.39 is 17.7 Å². The molecule has 0 aliphatic carbocycles.